The fourth-order valence-corrected chi connectivity index (χ4v) is 2.96. The van der Waals surface area contributed by atoms with Gasteiger partial charge in [0.25, 0.3) is 5.91 Å². The Morgan fingerprint density at radius 2 is 1.74 bits per heavy atom. The lowest BCUT2D eigenvalue weighted by Crippen LogP contribution is -2.31. The van der Waals surface area contributed by atoms with Crippen molar-refractivity contribution in [2.24, 2.45) is 0 Å². The van der Waals surface area contributed by atoms with E-state index in [1.54, 1.807) is 24.3 Å². The van der Waals surface area contributed by atoms with Gasteiger partial charge in [-0.25, -0.2) is 0 Å². The van der Waals surface area contributed by atoms with Crippen LogP contribution in [-0.4, -0.2) is 38.0 Å². The number of amides is 2. The Labute approximate surface area is 187 Å². The molecule has 0 fully saturated rings. The van der Waals surface area contributed by atoms with Crippen LogP contribution < -0.4 is 15.4 Å². The molecule has 166 valence electrons. The Balaban J connectivity index is 1.89. The first-order valence-electron chi connectivity index (χ1n) is 9.84. The summed E-state index contributed by atoms with van der Waals surface area (Å²) in [5.41, 5.74) is 3.16. The molecule has 0 saturated heterocycles. The molecule has 7 nitrogen and oxygen atoms in total. The Bertz CT molecular complexity index is 942. The molecule has 2 aromatic rings. The second-order valence-electron chi connectivity index (χ2n) is 7.36. The van der Waals surface area contributed by atoms with Gasteiger partial charge < -0.3 is 20.1 Å². The van der Waals surface area contributed by atoms with E-state index >= 15 is 0 Å². The van der Waals surface area contributed by atoms with Crippen LogP contribution in [0.5, 0.6) is 5.75 Å². The summed E-state index contributed by atoms with van der Waals surface area (Å²) in [6.07, 6.45) is 0.113. The fourth-order valence-electron chi connectivity index (χ4n) is 2.78. The van der Waals surface area contributed by atoms with Gasteiger partial charge in [-0.1, -0.05) is 37.6 Å². The van der Waals surface area contributed by atoms with Crippen molar-refractivity contribution in [2.45, 2.75) is 33.1 Å². The first-order valence-corrected chi connectivity index (χ1v) is 10.2. The molecule has 2 rings (SSSR count). The van der Waals surface area contributed by atoms with E-state index in [1.807, 2.05) is 32.9 Å². The van der Waals surface area contributed by atoms with Crippen LogP contribution in [0.15, 0.2) is 36.4 Å². The third-order valence-electron chi connectivity index (χ3n) is 4.53. The average molecular weight is 447 g/mol. The monoisotopic (exact) mass is 446 g/mol. The number of carbonyl (C=O) groups is 3. The summed E-state index contributed by atoms with van der Waals surface area (Å²) in [7, 11) is 1.26. The van der Waals surface area contributed by atoms with Crippen molar-refractivity contribution >= 4 is 35.1 Å². The van der Waals surface area contributed by atoms with Gasteiger partial charge in [-0.2, -0.15) is 0 Å². The van der Waals surface area contributed by atoms with Gasteiger partial charge in [-0.3, -0.25) is 14.4 Å². The lowest BCUT2D eigenvalue weighted by Gasteiger charge is -2.16. The number of halogens is 1. The first-order chi connectivity index (χ1) is 14.7. The molecule has 2 N–H and O–H groups in total. The smallest absolute Gasteiger partial charge is 0.325 e. The third-order valence-corrected chi connectivity index (χ3v) is 4.94. The topological polar surface area (TPSA) is 93.7 Å². The SMILES string of the molecule is COC(=O)CNC(=O)Cc1ccc(NC(=O)COc2cc(C)c(Cl)cc2C(C)C)cc1. The number of anilines is 1. The van der Waals surface area contributed by atoms with Crippen molar-refractivity contribution in [3.8, 4) is 5.75 Å². The third kappa shape index (κ3) is 7.61. The van der Waals surface area contributed by atoms with Gasteiger partial charge in [0.05, 0.1) is 13.5 Å². The molecule has 0 bridgehead atoms. The van der Waals surface area contributed by atoms with Gasteiger partial charge in [-0.15, -0.1) is 0 Å². The van der Waals surface area contributed by atoms with Crippen molar-refractivity contribution in [2.75, 3.05) is 25.6 Å². The van der Waals surface area contributed by atoms with E-state index < -0.39 is 5.97 Å². The number of aryl methyl sites for hydroxylation is 1. The van der Waals surface area contributed by atoms with E-state index in [4.69, 9.17) is 16.3 Å². The Kier molecular flexibility index (Phi) is 8.88. The number of esters is 1. The zero-order chi connectivity index (χ0) is 23.0. The van der Waals surface area contributed by atoms with E-state index in [9.17, 15) is 14.4 Å². The maximum atomic E-state index is 12.3. The molecular formula is C23H27ClN2O5. The Hall–Kier alpha value is -3.06. The van der Waals surface area contributed by atoms with Gasteiger partial charge in [-0.05, 0) is 53.8 Å². The van der Waals surface area contributed by atoms with E-state index in [0.29, 0.717) is 16.5 Å². The van der Waals surface area contributed by atoms with Crippen LogP contribution in [0.2, 0.25) is 5.02 Å². The molecule has 0 heterocycles. The summed E-state index contributed by atoms with van der Waals surface area (Å²) in [5.74, 6) is -0.266. The minimum atomic E-state index is -0.511. The lowest BCUT2D eigenvalue weighted by atomic mass is 10.0. The summed E-state index contributed by atoms with van der Waals surface area (Å²) in [4.78, 5) is 35.2. The quantitative estimate of drug-likeness (QED) is 0.574. The molecule has 0 aliphatic rings. The van der Waals surface area contributed by atoms with Crippen LogP contribution >= 0.6 is 11.6 Å². The van der Waals surface area contributed by atoms with E-state index in [2.05, 4.69) is 15.4 Å². The fraction of sp³-hybridized carbons (Fsp3) is 0.348. The molecule has 0 atom stereocenters. The van der Waals surface area contributed by atoms with Crippen LogP contribution in [-0.2, 0) is 25.5 Å². The molecule has 0 saturated carbocycles. The summed E-state index contributed by atoms with van der Waals surface area (Å²) in [6.45, 7) is 5.64. The van der Waals surface area contributed by atoms with Gasteiger partial charge in [0, 0.05) is 10.7 Å². The molecule has 0 unspecified atom stereocenters. The maximum absolute atomic E-state index is 12.3. The zero-order valence-corrected chi connectivity index (χ0v) is 18.8. The Morgan fingerprint density at radius 1 is 1.06 bits per heavy atom. The van der Waals surface area contributed by atoms with Crippen LogP contribution in [0.1, 0.15) is 36.5 Å². The summed E-state index contributed by atoms with van der Waals surface area (Å²) >= 11 is 6.20. The van der Waals surface area contributed by atoms with Crippen molar-refractivity contribution in [3.05, 3.63) is 58.1 Å². The number of benzene rings is 2. The summed E-state index contributed by atoms with van der Waals surface area (Å²) < 4.78 is 10.2. The standard InChI is InChI=1S/C23H27ClN2O5/c1-14(2)18-11-19(24)15(3)9-20(18)31-13-22(28)26-17-7-5-16(6-8-17)10-21(27)25-12-23(29)30-4/h5-9,11,14H,10,12-13H2,1-4H3,(H,25,27)(H,26,28). The molecule has 0 spiro atoms. The van der Waals surface area contributed by atoms with Gasteiger partial charge in [0.1, 0.15) is 12.3 Å². The minimum Gasteiger partial charge on any atom is -0.483 e. The molecule has 0 aromatic heterocycles. The van der Waals surface area contributed by atoms with Crippen molar-refractivity contribution in [1.82, 2.24) is 5.32 Å². The number of carbonyl (C=O) groups excluding carboxylic acids is 3. The van der Waals surface area contributed by atoms with E-state index in [1.165, 1.54) is 7.11 Å². The number of nitrogens with one attached hydrogen (secondary N) is 2. The predicted molar refractivity (Wildman–Crippen MR) is 120 cm³/mol. The van der Waals surface area contributed by atoms with Crippen LogP contribution in [0.3, 0.4) is 0 Å². The van der Waals surface area contributed by atoms with Gasteiger partial charge in [0.15, 0.2) is 6.61 Å². The number of hydrogen-bond donors (Lipinski definition) is 2. The molecule has 0 aliphatic carbocycles. The number of hydrogen-bond acceptors (Lipinski definition) is 5. The molecule has 8 heteroatoms. The molecule has 2 amide bonds. The average Bonchev–Trinajstić information content (AvgIpc) is 2.73. The van der Waals surface area contributed by atoms with Crippen LogP contribution in [0, 0.1) is 6.92 Å². The number of rotatable bonds is 9. The second-order valence-corrected chi connectivity index (χ2v) is 7.76. The normalized spacial score (nSPS) is 10.5. The molecular weight excluding hydrogens is 420 g/mol. The van der Waals surface area contributed by atoms with Crippen molar-refractivity contribution in [1.29, 1.82) is 0 Å². The Morgan fingerprint density at radius 3 is 2.35 bits per heavy atom. The number of methoxy groups -OCH3 is 1. The molecule has 0 aliphatic heterocycles. The highest BCUT2D eigenvalue weighted by Crippen LogP contribution is 2.32. The van der Waals surface area contributed by atoms with Gasteiger partial charge in [0.2, 0.25) is 5.91 Å². The first kappa shape index (κ1) is 24.2. The summed E-state index contributed by atoms with van der Waals surface area (Å²) in [6, 6.07) is 10.6. The van der Waals surface area contributed by atoms with E-state index in [-0.39, 0.29) is 37.3 Å². The van der Waals surface area contributed by atoms with Crippen LogP contribution in [0.25, 0.3) is 0 Å². The lowest BCUT2D eigenvalue weighted by molar-refractivity contribution is -0.141. The largest absolute Gasteiger partial charge is 0.483 e. The van der Waals surface area contributed by atoms with E-state index in [0.717, 1.165) is 16.7 Å². The maximum Gasteiger partial charge on any atom is 0.325 e. The van der Waals surface area contributed by atoms with Crippen molar-refractivity contribution in [3.63, 3.8) is 0 Å². The minimum absolute atomic E-state index is 0.113. The highest BCUT2D eigenvalue weighted by Gasteiger charge is 2.13. The predicted octanol–water partition coefficient (Wildman–Crippen LogP) is 3.62. The van der Waals surface area contributed by atoms with Crippen molar-refractivity contribution < 1.29 is 23.9 Å². The number of ether oxygens (including phenoxy) is 2. The highest BCUT2D eigenvalue weighted by molar-refractivity contribution is 6.31. The zero-order valence-electron chi connectivity index (χ0n) is 18.1. The van der Waals surface area contributed by atoms with Crippen LogP contribution in [0.4, 0.5) is 5.69 Å². The second kappa shape index (κ2) is 11.4. The molecule has 0 radical (unpaired) electrons. The van der Waals surface area contributed by atoms with Gasteiger partial charge >= 0.3 is 5.97 Å². The molecule has 31 heavy (non-hydrogen) atoms. The molecule has 2 aromatic carbocycles. The summed E-state index contributed by atoms with van der Waals surface area (Å²) in [5, 5.41) is 5.90. The highest BCUT2D eigenvalue weighted by atomic mass is 35.5.